The summed E-state index contributed by atoms with van der Waals surface area (Å²) < 4.78 is 10.2. The summed E-state index contributed by atoms with van der Waals surface area (Å²) in [6, 6.07) is 0. The van der Waals surface area contributed by atoms with E-state index in [-0.39, 0.29) is 30.2 Å². The zero-order chi connectivity index (χ0) is 14.7. The molecule has 0 aliphatic rings. The number of esters is 2. The van der Waals surface area contributed by atoms with Crippen molar-refractivity contribution in [2.24, 2.45) is 5.41 Å². The number of hydrogen-bond acceptors (Lipinski definition) is 4. The van der Waals surface area contributed by atoms with Gasteiger partial charge in [0.2, 0.25) is 0 Å². The first-order chi connectivity index (χ1) is 8.85. The van der Waals surface area contributed by atoms with Crippen LogP contribution < -0.4 is 0 Å². The Morgan fingerprint density at radius 1 is 0.895 bits per heavy atom. The highest BCUT2D eigenvalue weighted by Crippen LogP contribution is 2.13. The Kier molecular flexibility index (Phi) is 9.27. The molecule has 0 aromatic heterocycles. The van der Waals surface area contributed by atoms with Crippen molar-refractivity contribution < 1.29 is 19.1 Å². The van der Waals surface area contributed by atoms with Gasteiger partial charge < -0.3 is 9.47 Å². The van der Waals surface area contributed by atoms with Crippen molar-refractivity contribution in [1.29, 1.82) is 0 Å². The van der Waals surface area contributed by atoms with Crippen LogP contribution in [0.4, 0.5) is 0 Å². The van der Waals surface area contributed by atoms with Crippen LogP contribution in [0.1, 0.15) is 66.2 Å². The third-order valence-corrected chi connectivity index (χ3v) is 2.44. The quantitative estimate of drug-likeness (QED) is 0.476. The van der Waals surface area contributed by atoms with Crippen molar-refractivity contribution >= 4 is 11.9 Å². The molecule has 0 radical (unpaired) electrons. The average molecular weight is 272 g/mol. The molecule has 4 nitrogen and oxygen atoms in total. The second-order valence-corrected chi connectivity index (χ2v) is 6.00. The lowest BCUT2D eigenvalue weighted by Crippen LogP contribution is -2.18. The second kappa shape index (κ2) is 9.82. The molecule has 0 heterocycles. The highest BCUT2D eigenvalue weighted by atomic mass is 16.5. The van der Waals surface area contributed by atoms with Crippen molar-refractivity contribution in [2.45, 2.75) is 66.2 Å². The first kappa shape index (κ1) is 17.9. The predicted octanol–water partition coefficient (Wildman–Crippen LogP) is 3.48. The van der Waals surface area contributed by atoms with Crippen molar-refractivity contribution in [3.63, 3.8) is 0 Å². The van der Waals surface area contributed by atoms with Gasteiger partial charge in [-0.05, 0) is 18.3 Å². The molecule has 0 saturated heterocycles. The van der Waals surface area contributed by atoms with Crippen molar-refractivity contribution in [2.75, 3.05) is 13.2 Å². The molecule has 0 N–H and O–H groups in total. The summed E-state index contributed by atoms with van der Waals surface area (Å²) in [5, 5.41) is 0. The third kappa shape index (κ3) is 13.2. The van der Waals surface area contributed by atoms with E-state index in [0.717, 1.165) is 19.3 Å². The van der Waals surface area contributed by atoms with Crippen LogP contribution in [-0.2, 0) is 19.1 Å². The lowest BCUT2D eigenvalue weighted by molar-refractivity contribution is -0.147. The minimum absolute atomic E-state index is 0.0200. The molecule has 0 amide bonds. The Bertz CT molecular complexity index is 266. The lowest BCUT2D eigenvalue weighted by Gasteiger charge is -2.17. The minimum Gasteiger partial charge on any atom is -0.466 e. The van der Waals surface area contributed by atoms with E-state index in [9.17, 15) is 9.59 Å². The molecule has 0 aromatic rings. The largest absolute Gasteiger partial charge is 0.466 e. The number of ether oxygens (including phenoxy) is 2. The molecular weight excluding hydrogens is 244 g/mol. The molecule has 0 bridgehead atoms. The normalized spacial score (nSPS) is 11.2. The van der Waals surface area contributed by atoms with Crippen LogP contribution in [0.15, 0.2) is 0 Å². The summed E-state index contributed by atoms with van der Waals surface area (Å²) in [4.78, 5) is 22.7. The van der Waals surface area contributed by atoms with Crippen LogP contribution in [0, 0.1) is 5.41 Å². The fourth-order valence-electron chi connectivity index (χ4n) is 1.36. The van der Waals surface area contributed by atoms with Gasteiger partial charge in [-0.1, -0.05) is 40.5 Å². The zero-order valence-corrected chi connectivity index (χ0v) is 12.8. The Labute approximate surface area is 116 Å². The van der Waals surface area contributed by atoms with E-state index in [0.29, 0.717) is 19.6 Å². The van der Waals surface area contributed by atoms with E-state index < -0.39 is 0 Å². The van der Waals surface area contributed by atoms with E-state index in [2.05, 4.69) is 6.92 Å². The second-order valence-electron chi connectivity index (χ2n) is 6.00. The van der Waals surface area contributed by atoms with Gasteiger partial charge in [-0.3, -0.25) is 9.59 Å². The van der Waals surface area contributed by atoms with Gasteiger partial charge in [0.25, 0.3) is 0 Å². The number of hydrogen-bond donors (Lipinski definition) is 0. The van der Waals surface area contributed by atoms with Gasteiger partial charge in [0.15, 0.2) is 0 Å². The van der Waals surface area contributed by atoms with Crippen LogP contribution in [0.3, 0.4) is 0 Å². The van der Waals surface area contributed by atoms with E-state index in [1.807, 2.05) is 20.8 Å². The van der Waals surface area contributed by atoms with Gasteiger partial charge in [-0.15, -0.1) is 0 Å². The molecule has 0 fully saturated rings. The summed E-state index contributed by atoms with van der Waals surface area (Å²) in [5.74, 6) is -0.464. The zero-order valence-electron chi connectivity index (χ0n) is 12.8. The van der Waals surface area contributed by atoms with Gasteiger partial charge in [-0.25, -0.2) is 0 Å². The fourth-order valence-corrected chi connectivity index (χ4v) is 1.36. The fraction of sp³-hybridized carbons (Fsp3) is 0.867. The molecule has 0 rings (SSSR count). The Morgan fingerprint density at radius 3 is 2.00 bits per heavy atom. The standard InChI is InChI=1S/C15H28O4/c1-5-6-7-11-18-13(16)9-8-10-14(17)19-12-15(2,3)4/h5-12H2,1-4H3. The minimum atomic E-state index is -0.242. The Morgan fingerprint density at radius 2 is 1.47 bits per heavy atom. The lowest BCUT2D eigenvalue weighted by atomic mass is 9.99. The number of carbonyl (C=O) groups excluding carboxylic acids is 2. The molecule has 19 heavy (non-hydrogen) atoms. The van der Waals surface area contributed by atoms with Gasteiger partial charge in [0.05, 0.1) is 13.2 Å². The molecule has 112 valence electrons. The first-order valence-corrected chi connectivity index (χ1v) is 7.16. The number of rotatable bonds is 9. The summed E-state index contributed by atoms with van der Waals surface area (Å²) in [6.45, 7) is 9.02. The topological polar surface area (TPSA) is 52.6 Å². The van der Waals surface area contributed by atoms with Gasteiger partial charge in [0, 0.05) is 12.8 Å². The summed E-state index contributed by atoms with van der Waals surface area (Å²) in [5.41, 5.74) is -0.0200. The molecule has 0 aliphatic heterocycles. The van der Waals surface area contributed by atoms with Crippen molar-refractivity contribution in [3.8, 4) is 0 Å². The summed E-state index contributed by atoms with van der Waals surface area (Å²) >= 11 is 0. The Balaban J connectivity index is 3.51. The first-order valence-electron chi connectivity index (χ1n) is 7.16. The van der Waals surface area contributed by atoms with Crippen LogP contribution in [-0.4, -0.2) is 25.2 Å². The van der Waals surface area contributed by atoms with Gasteiger partial charge in [-0.2, -0.15) is 0 Å². The maximum Gasteiger partial charge on any atom is 0.305 e. The van der Waals surface area contributed by atoms with Crippen LogP contribution >= 0.6 is 0 Å². The van der Waals surface area contributed by atoms with Crippen molar-refractivity contribution in [3.05, 3.63) is 0 Å². The Hall–Kier alpha value is -1.06. The van der Waals surface area contributed by atoms with Gasteiger partial charge >= 0.3 is 11.9 Å². The monoisotopic (exact) mass is 272 g/mol. The SMILES string of the molecule is CCCCCOC(=O)CCCC(=O)OCC(C)(C)C. The smallest absolute Gasteiger partial charge is 0.305 e. The van der Waals surface area contributed by atoms with E-state index in [1.165, 1.54) is 0 Å². The number of carbonyl (C=O) groups is 2. The maximum atomic E-state index is 11.4. The van der Waals surface area contributed by atoms with Crippen LogP contribution in [0.25, 0.3) is 0 Å². The van der Waals surface area contributed by atoms with E-state index in [1.54, 1.807) is 0 Å². The van der Waals surface area contributed by atoms with Crippen LogP contribution in [0.5, 0.6) is 0 Å². The molecule has 0 spiro atoms. The highest BCUT2D eigenvalue weighted by molar-refractivity contribution is 5.72. The predicted molar refractivity (Wildman–Crippen MR) is 74.7 cm³/mol. The van der Waals surface area contributed by atoms with Crippen molar-refractivity contribution in [1.82, 2.24) is 0 Å². The summed E-state index contributed by atoms with van der Waals surface area (Å²) in [6.07, 6.45) is 4.16. The van der Waals surface area contributed by atoms with E-state index in [4.69, 9.17) is 9.47 Å². The molecule has 0 unspecified atom stereocenters. The average Bonchev–Trinajstić information content (AvgIpc) is 2.31. The molecule has 0 atom stereocenters. The van der Waals surface area contributed by atoms with E-state index >= 15 is 0 Å². The molecule has 4 heteroatoms. The summed E-state index contributed by atoms with van der Waals surface area (Å²) in [7, 11) is 0. The third-order valence-electron chi connectivity index (χ3n) is 2.44. The van der Waals surface area contributed by atoms with Crippen LogP contribution in [0.2, 0.25) is 0 Å². The number of unbranched alkanes of at least 4 members (excludes halogenated alkanes) is 2. The van der Waals surface area contributed by atoms with Gasteiger partial charge in [0.1, 0.15) is 0 Å². The maximum absolute atomic E-state index is 11.4. The molecule has 0 aromatic carbocycles. The molecular formula is C15H28O4. The molecule has 0 aliphatic carbocycles. The highest BCUT2D eigenvalue weighted by Gasteiger charge is 2.14. The molecule has 0 saturated carbocycles.